The molecule has 0 saturated carbocycles. The van der Waals surface area contributed by atoms with Gasteiger partial charge >= 0.3 is 5.97 Å². The molecule has 3 aromatic rings. The number of para-hydroxylation sites is 1. The molecular formula is C19H17BrN2O3. The molecule has 0 atom stereocenters. The highest BCUT2D eigenvalue weighted by molar-refractivity contribution is 9.10. The van der Waals surface area contributed by atoms with Crippen molar-refractivity contribution in [2.75, 3.05) is 11.9 Å². The summed E-state index contributed by atoms with van der Waals surface area (Å²) in [5, 5.41) is 3.55. The third-order valence-electron chi connectivity index (χ3n) is 3.91. The smallest absolute Gasteiger partial charge is 0.340 e. The topological polar surface area (TPSA) is 60.3 Å². The minimum atomic E-state index is -0.514. The molecular weight excluding hydrogens is 384 g/mol. The second-order valence-electron chi connectivity index (χ2n) is 5.75. The first kappa shape index (κ1) is 17.2. The number of benzene rings is 2. The zero-order chi connectivity index (χ0) is 18.0. The van der Waals surface area contributed by atoms with Gasteiger partial charge in [-0.3, -0.25) is 4.79 Å². The van der Waals surface area contributed by atoms with E-state index in [1.165, 1.54) is 0 Å². The van der Waals surface area contributed by atoms with Crippen LogP contribution in [0.2, 0.25) is 0 Å². The summed E-state index contributed by atoms with van der Waals surface area (Å²) in [5.41, 5.74) is 2.99. The maximum absolute atomic E-state index is 12.3. The molecule has 0 saturated heterocycles. The molecule has 0 spiro atoms. The molecule has 0 fully saturated rings. The van der Waals surface area contributed by atoms with Gasteiger partial charge < -0.3 is 14.6 Å². The highest BCUT2D eigenvalue weighted by atomic mass is 79.9. The number of aromatic nitrogens is 1. The van der Waals surface area contributed by atoms with Crippen molar-refractivity contribution in [2.24, 2.45) is 7.05 Å². The highest BCUT2D eigenvalue weighted by Gasteiger charge is 2.16. The number of hydrogen-bond donors (Lipinski definition) is 1. The average Bonchev–Trinajstić information content (AvgIpc) is 2.93. The molecule has 0 aliphatic rings. The number of rotatable bonds is 4. The predicted molar refractivity (Wildman–Crippen MR) is 101 cm³/mol. The van der Waals surface area contributed by atoms with Crippen LogP contribution in [0, 0.1) is 6.92 Å². The molecule has 1 N–H and O–H groups in total. The van der Waals surface area contributed by atoms with E-state index in [2.05, 4.69) is 21.2 Å². The van der Waals surface area contributed by atoms with Crippen LogP contribution in [0.25, 0.3) is 10.9 Å². The lowest BCUT2D eigenvalue weighted by Gasteiger charge is -2.09. The number of nitrogens with zero attached hydrogens (tertiary/aromatic N) is 1. The van der Waals surface area contributed by atoms with E-state index in [0.29, 0.717) is 11.3 Å². The second-order valence-corrected chi connectivity index (χ2v) is 6.67. The first-order chi connectivity index (χ1) is 12.0. The summed E-state index contributed by atoms with van der Waals surface area (Å²) >= 11 is 3.38. The number of amides is 1. The molecule has 1 amide bonds. The molecule has 25 heavy (non-hydrogen) atoms. The lowest BCUT2D eigenvalue weighted by molar-refractivity contribution is -0.119. The van der Waals surface area contributed by atoms with Crippen LogP contribution in [0.5, 0.6) is 0 Å². The SMILES string of the molecule is Cc1cc(Br)ccc1NC(=O)COC(=O)c1cn(C)c2ccccc12. The largest absolute Gasteiger partial charge is 0.452 e. The number of aryl methyl sites for hydroxylation is 2. The van der Waals surface area contributed by atoms with Crippen LogP contribution in [0.15, 0.2) is 53.1 Å². The van der Waals surface area contributed by atoms with E-state index in [1.807, 2.05) is 54.9 Å². The van der Waals surface area contributed by atoms with Gasteiger partial charge in [0.1, 0.15) is 0 Å². The monoisotopic (exact) mass is 400 g/mol. The molecule has 6 heteroatoms. The van der Waals surface area contributed by atoms with Gasteiger partial charge in [-0.2, -0.15) is 0 Å². The van der Waals surface area contributed by atoms with Crippen LogP contribution in [0.1, 0.15) is 15.9 Å². The molecule has 5 nitrogen and oxygen atoms in total. The first-order valence-corrected chi connectivity index (χ1v) is 8.52. The number of carbonyl (C=O) groups is 2. The molecule has 0 bridgehead atoms. The van der Waals surface area contributed by atoms with Crippen molar-refractivity contribution in [3.63, 3.8) is 0 Å². The molecule has 0 aliphatic heterocycles. The Morgan fingerprint density at radius 1 is 1.20 bits per heavy atom. The van der Waals surface area contributed by atoms with E-state index >= 15 is 0 Å². The Labute approximate surface area is 153 Å². The number of halogens is 1. The first-order valence-electron chi connectivity index (χ1n) is 7.73. The van der Waals surface area contributed by atoms with E-state index in [1.54, 1.807) is 12.3 Å². The van der Waals surface area contributed by atoms with Crippen LogP contribution in [0.3, 0.4) is 0 Å². The van der Waals surface area contributed by atoms with E-state index in [9.17, 15) is 9.59 Å². The standard InChI is InChI=1S/C19H17BrN2O3/c1-12-9-13(20)7-8-16(12)21-18(23)11-25-19(24)15-10-22(2)17-6-4-3-5-14(15)17/h3-10H,11H2,1-2H3,(H,21,23). The summed E-state index contributed by atoms with van der Waals surface area (Å²) in [6.45, 7) is 1.56. The zero-order valence-electron chi connectivity index (χ0n) is 13.9. The summed E-state index contributed by atoms with van der Waals surface area (Å²) in [7, 11) is 1.86. The molecule has 128 valence electrons. The van der Waals surface area contributed by atoms with Crippen LogP contribution in [0.4, 0.5) is 5.69 Å². The van der Waals surface area contributed by atoms with Crippen molar-refractivity contribution in [1.29, 1.82) is 0 Å². The summed E-state index contributed by atoms with van der Waals surface area (Å²) < 4.78 is 7.97. The molecule has 3 rings (SSSR count). The van der Waals surface area contributed by atoms with Gasteiger partial charge in [-0.1, -0.05) is 34.1 Å². The van der Waals surface area contributed by atoms with Gasteiger partial charge in [0.05, 0.1) is 5.56 Å². The van der Waals surface area contributed by atoms with Crippen molar-refractivity contribution < 1.29 is 14.3 Å². The Hall–Kier alpha value is -2.60. The predicted octanol–water partition coefficient (Wildman–Crippen LogP) is 4.04. The fourth-order valence-electron chi connectivity index (χ4n) is 2.67. The van der Waals surface area contributed by atoms with Crippen molar-refractivity contribution in [3.05, 3.63) is 64.3 Å². The van der Waals surface area contributed by atoms with Crippen LogP contribution in [-0.2, 0) is 16.6 Å². The molecule has 0 aliphatic carbocycles. The van der Waals surface area contributed by atoms with Gasteiger partial charge in [-0.25, -0.2) is 4.79 Å². The Morgan fingerprint density at radius 3 is 2.72 bits per heavy atom. The zero-order valence-corrected chi connectivity index (χ0v) is 15.5. The van der Waals surface area contributed by atoms with Gasteiger partial charge in [0, 0.05) is 34.3 Å². The van der Waals surface area contributed by atoms with Gasteiger partial charge in [0.25, 0.3) is 5.91 Å². The third kappa shape index (κ3) is 3.74. The third-order valence-corrected chi connectivity index (χ3v) is 4.41. The summed E-state index contributed by atoms with van der Waals surface area (Å²) in [6.07, 6.45) is 1.71. The number of nitrogens with one attached hydrogen (secondary N) is 1. The number of esters is 1. The average molecular weight is 401 g/mol. The minimum absolute atomic E-state index is 0.336. The van der Waals surface area contributed by atoms with Crippen LogP contribution >= 0.6 is 15.9 Å². The number of hydrogen-bond acceptors (Lipinski definition) is 3. The van der Waals surface area contributed by atoms with Crippen molar-refractivity contribution in [2.45, 2.75) is 6.92 Å². The molecule has 0 unspecified atom stereocenters. The normalized spacial score (nSPS) is 10.7. The fourth-order valence-corrected chi connectivity index (χ4v) is 3.14. The Balaban J connectivity index is 1.66. The minimum Gasteiger partial charge on any atom is -0.452 e. The molecule has 1 aromatic heterocycles. The second kappa shape index (κ2) is 7.11. The van der Waals surface area contributed by atoms with Crippen molar-refractivity contribution in [1.82, 2.24) is 4.57 Å². The van der Waals surface area contributed by atoms with Gasteiger partial charge in [-0.05, 0) is 36.8 Å². The maximum atomic E-state index is 12.3. The Morgan fingerprint density at radius 2 is 1.96 bits per heavy atom. The number of carbonyl (C=O) groups excluding carboxylic acids is 2. The lowest BCUT2D eigenvalue weighted by Crippen LogP contribution is -2.21. The number of fused-ring (bicyclic) bond motifs is 1. The van der Waals surface area contributed by atoms with Crippen molar-refractivity contribution in [3.8, 4) is 0 Å². The summed E-state index contributed by atoms with van der Waals surface area (Å²) in [4.78, 5) is 24.4. The highest BCUT2D eigenvalue weighted by Crippen LogP contribution is 2.22. The van der Waals surface area contributed by atoms with E-state index < -0.39 is 5.97 Å². The van der Waals surface area contributed by atoms with Gasteiger partial charge in [0.2, 0.25) is 0 Å². The van der Waals surface area contributed by atoms with Gasteiger partial charge in [0.15, 0.2) is 6.61 Å². The van der Waals surface area contributed by atoms with E-state index in [0.717, 1.165) is 20.9 Å². The van der Waals surface area contributed by atoms with Crippen molar-refractivity contribution >= 4 is 44.4 Å². The van der Waals surface area contributed by atoms with E-state index in [4.69, 9.17) is 4.74 Å². The Kier molecular flexibility index (Phi) is 4.90. The molecule has 0 radical (unpaired) electrons. The van der Waals surface area contributed by atoms with Gasteiger partial charge in [-0.15, -0.1) is 0 Å². The van der Waals surface area contributed by atoms with Crippen LogP contribution in [-0.4, -0.2) is 23.1 Å². The lowest BCUT2D eigenvalue weighted by atomic mass is 10.2. The van der Waals surface area contributed by atoms with E-state index in [-0.39, 0.29) is 12.5 Å². The number of ether oxygens (including phenoxy) is 1. The fraction of sp³-hybridized carbons (Fsp3) is 0.158. The Bertz CT molecular complexity index is 962. The quantitative estimate of drug-likeness (QED) is 0.672. The summed E-state index contributed by atoms with van der Waals surface area (Å²) in [6, 6.07) is 13.1. The number of anilines is 1. The maximum Gasteiger partial charge on any atom is 0.340 e. The summed E-state index contributed by atoms with van der Waals surface area (Å²) in [5.74, 6) is -0.890. The van der Waals surface area contributed by atoms with Crippen LogP contribution < -0.4 is 5.32 Å². The molecule has 2 aromatic carbocycles. The molecule has 1 heterocycles.